The maximum Gasteiger partial charge on any atom is 0.442 e. The van der Waals surface area contributed by atoms with E-state index in [0.29, 0.717) is 11.7 Å². The molecule has 1 unspecified atom stereocenters. The predicted octanol–water partition coefficient (Wildman–Crippen LogP) is 3.39. The highest BCUT2D eigenvalue weighted by Gasteiger charge is 2.33. The van der Waals surface area contributed by atoms with Gasteiger partial charge in [0.1, 0.15) is 6.54 Å². The van der Waals surface area contributed by atoms with E-state index in [9.17, 15) is 9.59 Å². The predicted molar refractivity (Wildman–Crippen MR) is 106 cm³/mol. The van der Waals surface area contributed by atoms with Gasteiger partial charge >= 0.3 is 5.76 Å². The van der Waals surface area contributed by atoms with Crippen molar-refractivity contribution in [3.63, 3.8) is 0 Å². The lowest BCUT2D eigenvalue weighted by atomic mass is 10.0. The van der Waals surface area contributed by atoms with Gasteiger partial charge in [-0.15, -0.1) is 0 Å². The first-order valence-corrected chi connectivity index (χ1v) is 9.51. The van der Waals surface area contributed by atoms with Crippen LogP contribution in [-0.4, -0.2) is 15.6 Å². The largest absolute Gasteiger partial charge is 0.442 e. The topological polar surface area (TPSA) is 77.1 Å². The summed E-state index contributed by atoms with van der Waals surface area (Å²) in [6, 6.07) is 15.8. The second kappa shape index (κ2) is 7.46. The van der Waals surface area contributed by atoms with Gasteiger partial charge in [-0.05, 0) is 43.7 Å². The van der Waals surface area contributed by atoms with Gasteiger partial charge in [-0.25, -0.2) is 9.36 Å². The molecule has 0 saturated heterocycles. The zero-order valence-electron chi connectivity index (χ0n) is 16.0. The van der Waals surface area contributed by atoms with Gasteiger partial charge in [-0.3, -0.25) is 9.32 Å². The number of aryl methyl sites for hydroxylation is 2. The average molecular weight is 377 g/mol. The number of carbonyl (C=O) groups is 1. The first-order chi connectivity index (χ1) is 13.5. The molecule has 144 valence electrons. The third-order valence-electron chi connectivity index (χ3n) is 5.22. The summed E-state index contributed by atoms with van der Waals surface area (Å²) in [5.41, 5.74) is 4.01. The van der Waals surface area contributed by atoms with Crippen LogP contribution in [0.4, 0.5) is 0 Å². The minimum Gasteiger partial charge on any atom is -0.347 e. The highest BCUT2D eigenvalue weighted by molar-refractivity contribution is 5.77. The summed E-state index contributed by atoms with van der Waals surface area (Å²) in [7, 11) is 0. The fourth-order valence-corrected chi connectivity index (χ4v) is 3.46. The minimum atomic E-state index is -0.633. The summed E-state index contributed by atoms with van der Waals surface area (Å²) in [6.45, 7) is 3.85. The molecule has 28 heavy (non-hydrogen) atoms. The molecule has 1 heterocycles. The van der Waals surface area contributed by atoms with Crippen LogP contribution >= 0.6 is 0 Å². The molecule has 6 heteroatoms. The number of aromatic nitrogens is 2. The molecule has 1 amide bonds. The fourth-order valence-electron chi connectivity index (χ4n) is 3.46. The molecule has 0 aliphatic heterocycles. The van der Waals surface area contributed by atoms with Crippen LogP contribution in [0.2, 0.25) is 0 Å². The Labute approximate surface area is 163 Å². The Morgan fingerprint density at radius 1 is 1.18 bits per heavy atom. The molecule has 2 aromatic carbocycles. The van der Waals surface area contributed by atoms with E-state index in [0.717, 1.165) is 29.5 Å². The number of nitrogens with one attached hydrogen (secondary N) is 1. The van der Waals surface area contributed by atoms with Crippen molar-refractivity contribution in [3.8, 4) is 11.4 Å². The first kappa shape index (κ1) is 18.2. The molecule has 1 atom stereocenters. The molecule has 4 rings (SSSR count). The van der Waals surface area contributed by atoms with Gasteiger partial charge in [0, 0.05) is 5.56 Å². The van der Waals surface area contributed by atoms with Gasteiger partial charge in [0.15, 0.2) is 5.82 Å². The molecule has 6 nitrogen and oxygen atoms in total. The molecule has 1 aliphatic carbocycles. The Morgan fingerprint density at radius 3 is 2.57 bits per heavy atom. The van der Waals surface area contributed by atoms with Crippen molar-refractivity contribution in [2.24, 2.45) is 5.92 Å². The number of nitrogens with zero attached hydrogens (tertiary/aromatic N) is 2. The average Bonchev–Trinajstić information content (AvgIpc) is 3.46. The standard InChI is InChI=1S/C22H23N3O3/c1-14-7-9-16(10-8-14)20(17-11-12-17)23-19(26)13-25-21(24-28-22(25)27)18-6-4-3-5-15(18)2/h3-10,17,20H,11-13H2,1-2H3,(H,23,26). The monoisotopic (exact) mass is 377 g/mol. The van der Waals surface area contributed by atoms with E-state index < -0.39 is 5.76 Å². The Balaban J connectivity index is 1.55. The fraction of sp³-hybridized carbons (Fsp3) is 0.318. The van der Waals surface area contributed by atoms with Crippen LogP contribution in [0.5, 0.6) is 0 Å². The first-order valence-electron chi connectivity index (χ1n) is 9.51. The Hall–Kier alpha value is -3.15. The quantitative estimate of drug-likeness (QED) is 0.714. The van der Waals surface area contributed by atoms with Gasteiger partial charge < -0.3 is 5.32 Å². The van der Waals surface area contributed by atoms with Gasteiger partial charge in [-0.1, -0.05) is 59.3 Å². The van der Waals surface area contributed by atoms with Crippen LogP contribution in [-0.2, 0) is 11.3 Å². The van der Waals surface area contributed by atoms with Crippen LogP contribution in [0, 0.1) is 19.8 Å². The van der Waals surface area contributed by atoms with Crippen molar-refractivity contribution >= 4 is 5.91 Å². The van der Waals surface area contributed by atoms with Crippen LogP contribution in [0.1, 0.15) is 35.6 Å². The maximum atomic E-state index is 12.8. The van der Waals surface area contributed by atoms with Crippen molar-refractivity contribution in [3.05, 3.63) is 75.8 Å². The molecule has 0 radical (unpaired) electrons. The molecule has 0 spiro atoms. The van der Waals surface area contributed by atoms with Crippen LogP contribution in [0.3, 0.4) is 0 Å². The number of rotatable bonds is 6. The van der Waals surface area contributed by atoms with E-state index in [4.69, 9.17) is 4.52 Å². The number of hydrogen-bond donors (Lipinski definition) is 1. The zero-order chi connectivity index (χ0) is 19.7. The summed E-state index contributed by atoms with van der Waals surface area (Å²) in [6.07, 6.45) is 2.20. The van der Waals surface area contributed by atoms with Crippen molar-refractivity contribution in [2.45, 2.75) is 39.3 Å². The van der Waals surface area contributed by atoms with Crippen molar-refractivity contribution < 1.29 is 9.32 Å². The van der Waals surface area contributed by atoms with Crippen LogP contribution in [0.25, 0.3) is 11.4 Å². The molecular weight excluding hydrogens is 354 g/mol. The summed E-state index contributed by atoms with van der Waals surface area (Å²) >= 11 is 0. The zero-order valence-corrected chi connectivity index (χ0v) is 16.0. The van der Waals surface area contributed by atoms with Crippen LogP contribution < -0.4 is 11.1 Å². The number of benzene rings is 2. The molecule has 0 bridgehead atoms. The van der Waals surface area contributed by atoms with Gasteiger partial charge in [-0.2, -0.15) is 0 Å². The highest BCUT2D eigenvalue weighted by atomic mass is 16.5. The number of carbonyl (C=O) groups excluding carboxylic acids is 1. The third kappa shape index (κ3) is 3.76. The lowest BCUT2D eigenvalue weighted by molar-refractivity contribution is -0.122. The molecule has 1 saturated carbocycles. The summed E-state index contributed by atoms with van der Waals surface area (Å²) < 4.78 is 6.13. The molecule has 1 aliphatic rings. The van der Waals surface area contributed by atoms with Crippen molar-refractivity contribution in [1.82, 2.24) is 15.0 Å². The molecular formula is C22H23N3O3. The Morgan fingerprint density at radius 2 is 1.89 bits per heavy atom. The highest BCUT2D eigenvalue weighted by Crippen LogP contribution is 2.41. The van der Waals surface area contributed by atoms with Gasteiger partial charge in [0.05, 0.1) is 6.04 Å². The number of hydrogen-bond acceptors (Lipinski definition) is 4. The second-order valence-electron chi connectivity index (χ2n) is 7.47. The smallest absolute Gasteiger partial charge is 0.347 e. The molecule has 1 aromatic heterocycles. The van der Waals surface area contributed by atoms with E-state index in [1.165, 1.54) is 10.1 Å². The van der Waals surface area contributed by atoms with Crippen molar-refractivity contribution in [2.75, 3.05) is 0 Å². The van der Waals surface area contributed by atoms with Crippen LogP contribution in [0.15, 0.2) is 57.8 Å². The van der Waals surface area contributed by atoms with E-state index in [1.54, 1.807) is 0 Å². The van der Waals surface area contributed by atoms with E-state index in [-0.39, 0.29) is 18.5 Å². The van der Waals surface area contributed by atoms with E-state index in [1.807, 2.05) is 38.1 Å². The SMILES string of the molecule is Cc1ccc(C(NC(=O)Cn2c(-c3ccccc3C)noc2=O)C2CC2)cc1. The van der Waals surface area contributed by atoms with Crippen molar-refractivity contribution in [1.29, 1.82) is 0 Å². The van der Waals surface area contributed by atoms with E-state index >= 15 is 0 Å². The Kier molecular flexibility index (Phi) is 4.86. The molecule has 3 aromatic rings. The maximum absolute atomic E-state index is 12.8. The third-order valence-corrected chi connectivity index (χ3v) is 5.22. The Bertz CT molecular complexity index is 1050. The minimum absolute atomic E-state index is 0.0365. The second-order valence-corrected chi connectivity index (χ2v) is 7.47. The summed E-state index contributed by atoms with van der Waals surface area (Å²) in [5, 5.41) is 7.00. The summed E-state index contributed by atoms with van der Waals surface area (Å²) in [4.78, 5) is 24.9. The van der Waals surface area contributed by atoms with E-state index in [2.05, 4.69) is 34.7 Å². The lowest BCUT2D eigenvalue weighted by Crippen LogP contribution is -2.35. The normalized spacial score (nSPS) is 14.6. The van der Waals surface area contributed by atoms with Gasteiger partial charge in [0.25, 0.3) is 0 Å². The molecule has 1 N–H and O–H groups in total. The van der Waals surface area contributed by atoms with Gasteiger partial charge in [0.2, 0.25) is 5.91 Å². The summed E-state index contributed by atoms with van der Waals surface area (Å²) in [5.74, 6) is -0.0393. The lowest BCUT2D eigenvalue weighted by Gasteiger charge is -2.19. The number of amides is 1. The molecule has 1 fully saturated rings.